The zero-order valence-electron chi connectivity index (χ0n) is 17.4. The zero-order chi connectivity index (χ0) is 21.9. The van der Waals surface area contributed by atoms with Gasteiger partial charge < -0.3 is 10.1 Å². The number of pyridine rings is 1. The molecule has 0 amide bonds. The number of anilines is 2. The molecule has 3 heterocycles. The van der Waals surface area contributed by atoms with Gasteiger partial charge in [0.05, 0.1) is 36.6 Å². The molecule has 2 aromatic carbocycles. The summed E-state index contributed by atoms with van der Waals surface area (Å²) in [6.07, 6.45) is 9.12. The second-order valence-electron chi connectivity index (χ2n) is 7.44. The highest BCUT2D eigenvalue weighted by Gasteiger charge is 2.17. The molecule has 2 aromatic heterocycles. The molecular weight excluding hydrogens is 405 g/mol. The molecule has 158 valence electrons. The van der Waals surface area contributed by atoms with E-state index in [0.717, 1.165) is 34.2 Å². The number of aliphatic imine (C=N–C) groups is 1. The van der Waals surface area contributed by atoms with Crippen molar-refractivity contribution in [2.45, 2.75) is 12.3 Å². The van der Waals surface area contributed by atoms with Crippen LogP contribution in [0.1, 0.15) is 18.2 Å². The van der Waals surface area contributed by atoms with Crippen molar-refractivity contribution < 1.29 is 9.13 Å². The molecule has 4 aromatic rings. The van der Waals surface area contributed by atoms with Gasteiger partial charge in [0, 0.05) is 23.9 Å². The third kappa shape index (κ3) is 4.05. The first-order valence-electron chi connectivity index (χ1n) is 10.2. The van der Waals surface area contributed by atoms with Crippen LogP contribution in [0.15, 0.2) is 78.2 Å². The van der Waals surface area contributed by atoms with Gasteiger partial charge in [0.1, 0.15) is 23.2 Å². The van der Waals surface area contributed by atoms with Gasteiger partial charge in [-0.05, 0) is 41.8 Å². The maximum Gasteiger partial charge on any atom is 0.143 e. The van der Waals surface area contributed by atoms with E-state index in [1.807, 2.05) is 54.8 Å². The maximum atomic E-state index is 13.7. The van der Waals surface area contributed by atoms with Crippen LogP contribution in [0.2, 0.25) is 0 Å². The van der Waals surface area contributed by atoms with E-state index in [0.29, 0.717) is 17.3 Å². The van der Waals surface area contributed by atoms with Crippen LogP contribution in [0.5, 0.6) is 5.75 Å². The van der Waals surface area contributed by atoms with Crippen molar-refractivity contribution in [2.24, 2.45) is 4.99 Å². The Kier molecular flexibility index (Phi) is 5.29. The van der Waals surface area contributed by atoms with Gasteiger partial charge in [0.2, 0.25) is 0 Å². The van der Waals surface area contributed by atoms with E-state index >= 15 is 0 Å². The first-order chi connectivity index (χ1) is 15.7. The average molecular weight is 425 g/mol. The van der Waals surface area contributed by atoms with Crippen LogP contribution in [-0.2, 0) is 0 Å². The molecule has 1 aliphatic heterocycles. The Balaban J connectivity index is 1.64. The quantitative estimate of drug-likeness (QED) is 0.447. The number of benzene rings is 2. The fourth-order valence-electron chi connectivity index (χ4n) is 3.66. The molecule has 0 bridgehead atoms. The molecule has 32 heavy (non-hydrogen) atoms. The fraction of sp³-hybridized carbons (Fsp3) is 0.120. The lowest BCUT2D eigenvalue weighted by Crippen LogP contribution is -2.09. The predicted octanol–water partition coefficient (Wildman–Crippen LogP) is 5.65. The molecule has 0 aliphatic carbocycles. The summed E-state index contributed by atoms with van der Waals surface area (Å²) in [4.78, 5) is 17.8. The first-order valence-corrected chi connectivity index (χ1v) is 10.2. The lowest BCUT2D eigenvalue weighted by Gasteiger charge is -2.16. The summed E-state index contributed by atoms with van der Waals surface area (Å²) < 4.78 is 19.1. The number of fused-ring (bicyclic) bond motifs is 1. The van der Waals surface area contributed by atoms with Crippen molar-refractivity contribution in [2.75, 3.05) is 12.4 Å². The number of aromatic nitrogens is 3. The Hall–Kier alpha value is -4.13. The molecule has 0 radical (unpaired) electrons. The van der Waals surface area contributed by atoms with E-state index in [1.165, 1.54) is 12.3 Å². The minimum absolute atomic E-state index is 0.0198. The van der Waals surface area contributed by atoms with Crippen molar-refractivity contribution in [3.8, 4) is 16.9 Å². The highest BCUT2D eigenvalue weighted by atomic mass is 19.1. The summed E-state index contributed by atoms with van der Waals surface area (Å²) in [5.74, 6) is 1.59. The van der Waals surface area contributed by atoms with Gasteiger partial charge in [-0.2, -0.15) is 0 Å². The minimum Gasteiger partial charge on any atom is -0.497 e. The van der Waals surface area contributed by atoms with Crippen LogP contribution in [0.25, 0.3) is 22.0 Å². The van der Waals surface area contributed by atoms with Crippen molar-refractivity contribution in [1.82, 2.24) is 15.0 Å². The smallest absolute Gasteiger partial charge is 0.143 e. The Morgan fingerprint density at radius 3 is 2.75 bits per heavy atom. The zero-order valence-corrected chi connectivity index (χ0v) is 17.4. The summed E-state index contributed by atoms with van der Waals surface area (Å²) >= 11 is 0. The fourth-order valence-corrected chi connectivity index (χ4v) is 3.66. The number of hydrogen-bond acceptors (Lipinski definition) is 6. The Morgan fingerprint density at radius 1 is 1.03 bits per heavy atom. The number of halogens is 1. The maximum absolute atomic E-state index is 13.7. The second kappa shape index (κ2) is 8.55. The van der Waals surface area contributed by atoms with Crippen LogP contribution < -0.4 is 10.1 Å². The number of nitrogens with one attached hydrogen (secondary N) is 1. The number of nitrogens with zero attached hydrogens (tertiary/aromatic N) is 4. The lowest BCUT2D eigenvalue weighted by atomic mass is 10.0. The van der Waals surface area contributed by atoms with E-state index in [2.05, 4.69) is 15.3 Å². The second-order valence-corrected chi connectivity index (χ2v) is 7.44. The monoisotopic (exact) mass is 425 g/mol. The molecule has 7 heteroatoms. The number of ether oxygens (including phenoxy) is 1. The number of methoxy groups -OCH3 is 1. The van der Waals surface area contributed by atoms with Gasteiger partial charge >= 0.3 is 0 Å². The summed E-state index contributed by atoms with van der Waals surface area (Å²) in [5, 5.41) is 4.05. The summed E-state index contributed by atoms with van der Waals surface area (Å²) in [6.45, 7) is 0. The highest BCUT2D eigenvalue weighted by molar-refractivity contribution is 5.94. The average Bonchev–Trinajstić information content (AvgIpc) is 2.84. The molecule has 1 atom stereocenters. The predicted molar refractivity (Wildman–Crippen MR) is 124 cm³/mol. The largest absolute Gasteiger partial charge is 0.497 e. The van der Waals surface area contributed by atoms with E-state index in [-0.39, 0.29) is 5.92 Å². The molecule has 6 nitrogen and oxygen atoms in total. The third-order valence-electron chi connectivity index (χ3n) is 5.26. The molecule has 0 spiro atoms. The Labute approximate surface area is 184 Å². The Bertz CT molecular complexity index is 1350. The molecule has 0 saturated heterocycles. The SMILES string of the molecule is COc1cccc(-c2ccc3nc(C4C=NC=CC4)nc(Nc4cncc(F)c4)c3c2)c1. The van der Waals surface area contributed by atoms with Gasteiger partial charge in [-0.1, -0.05) is 24.3 Å². The van der Waals surface area contributed by atoms with Crippen LogP contribution in [-0.4, -0.2) is 28.3 Å². The lowest BCUT2D eigenvalue weighted by molar-refractivity contribution is 0.415. The van der Waals surface area contributed by atoms with E-state index in [1.54, 1.807) is 19.5 Å². The standard InChI is InChI=1S/C25H20FN5O/c1-32-21-6-2-4-16(10-21)17-7-8-23-22(11-17)25(29-20-12-19(26)14-28-15-20)31-24(30-23)18-5-3-9-27-13-18/h2-4,6-15,18H,5H2,1H3,(H,29,30,31). The third-order valence-corrected chi connectivity index (χ3v) is 5.26. The summed E-state index contributed by atoms with van der Waals surface area (Å²) in [5.41, 5.74) is 3.31. The minimum atomic E-state index is -0.421. The molecule has 5 rings (SSSR count). The van der Waals surface area contributed by atoms with Gasteiger partial charge in [-0.3, -0.25) is 9.98 Å². The number of allylic oxidation sites excluding steroid dienone is 1. The van der Waals surface area contributed by atoms with Crippen LogP contribution in [0.3, 0.4) is 0 Å². The molecule has 1 N–H and O–H groups in total. The van der Waals surface area contributed by atoms with Crippen LogP contribution in [0.4, 0.5) is 15.9 Å². The Morgan fingerprint density at radius 2 is 1.94 bits per heavy atom. The van der Waals surface area contributed by atoms with Crippen molar-refractivity contribution in [3.63, 3.8) is 0 Å². The van der Waals surface area contributed by atoms with Crippen molar-refractivity contribution >= 4 is 28.6 Å². The first kappa shape index (κ1) is 19.8. The van der Waals surface area contributed by atoms with Crippen molar-refractivity contribution in [3.05, 3.63) is 84.8 Å². The number of rotatable bonds is 5. The van der Waals surface area contributed by atoms with Crippen LogP contribution in [0, 0.1) is 5.82 Å². The summed E-state index contributed by atoms with van der Waals surface area (Å²) in [6, 6.07) is 15.3. The van der Waals surface area contributed by atoms with Crippen molar-refractivity contribution in [1.29, 1.82) is 0 Å². The van der Waals surface area contributed by atoms with Gasteiger partial charge in [-0.15, -0.1) is 0 Å². The molecule has 1 aliphatic rings. The van der Waals surface area contributed by atoms with E-state index < -0.39 is 5.82 Å². The summed E-state index contributed by atoms with van der Waals surface area (Å²) in [7, 11) is 1.65. The molecule has 0 saturated carbocycles. The van der Waals surface area contributed by atoms with Gasteiger partial charge in [0.25, 0.3) is 0 Å². The van der Waals surface area contributed by atoms with E-state index in [4.69, 9.17) is 14.7 Å². The van der Waals surface area contributed by atoms with E-state index in [9.17, 15) is 4.39 Å². The molecule has 0 fully saturated rings. The topological polar surface area (TPSA) is 72.3 Å². The molecular formula is C25H20FN5O. The molecule has 1 unspecified atom stereocenters. The highest BCUT2D eigenvalue weighted by Crippen LogP contribution is 2.32. The van der Waals surface area contributed by atoms with Gasteiger partial charge in [0.15, 0.2) is 0 Å². The van der Waals surface area contributed by atoms with Crippen LogP contribution >= 0.6 is 0 Å². The van der Waals surface area contributed by atoms with Gasteiger partial charge in [-0.25, -0.2) is 14.4 Å². The number of hydrogen-bond donors (Lipinski definition) is 1. The normalized spacial score (nSPS) is 15.1.